The highest BCUT2D eigenvalue weighted by molar-refractivity contribution is 5.92. The van der Waals surface area contributed by atoms with Gasteiger partial charge in [0.15, 0.2) is 0 Å². The van der Waals surface area contributed by atoms with Crippen molar-refractivity contribution in [1.82, 2.24) is 19.4 Å². The number of anilines is 1. The predicted octanol–water partition coefficient (Wildman–Crippen LogP) is 3.24. The van der Waals surface area contributed by atoms with Crippen molar-refractivity contribution in [3.8, 4) is 0 Å². The molecular weight excluding hydrogens is 322 g/mol. The van der Waals surface area contributed by atoms with Gasteiger partial charge in [-0.15, -0.1) is 0 Å². The van der Waals surface area contributed by atoms with Crippen molar-refractivity contribution in [3.63, 3.8) is 0 Å². The molecule has 4 rings (SSSR count). The molecule has 0 bridgehead atoms. The lowest BCUT2D eigenvalue weighted by Gasteiger charge is -2.36. The Kier molecular flexibility index (Phi) is 4.89. The summed E-state index contributed by atoms with van der Waals surface area (Å²) in [6.45, 7) is 7.36. The molecule has 3 heterocycles. The van der Waals surface area contributed by atoms with Crippen molar-refractivity contribution in [1.29, 1.82) is 0 Å². The summed E-state index contributed by atoms with van der Waals surface area (Å²) in [5.74, 6) is 1.14. The van der Waals surface area contributed by atoms with Crippen LogP contribution in [-0.2, 0) is 20.0 Å². The first-order valence-electron chi connectivity index (χ1n) is 9.57. The summed E-state index contributed by atoms with van der Waals surface area (Å²) in [5.41, 5.74) is 3.66. The van der Waals surface area contributed by atoms with Gasteiger partial charge in [-0.25, -0.2) is 4.98 Å². The van der Waals surface area contributed by atoms with Gasteiger partial charge in [-0.05, 0) is 18.6 Å². The summed E-state index contributed by atoms with van der Waals surface area (Å²) in [5, 5.41) is 1.27. The number of hydrogen-bond donors (Lipinski definition) is 0. The van der Waals surface area contributed by atoms with Crippen LogP contribution in [0.25, 0.3) is 10.9 Å². The number of hydrogen-bond acceptors (Lipinski definition) is 4. The lowest BCUT2D eigenvalue weighted by molar-refractivity contribution is 0.242. The Morgan fingerprint density at radius 1 is 1.08 bits per heavy atom. The van der Waals surface area contributed by atoms with E-state index in [0.29, 0.717) is 0 Å². The Hall–Kier alpha value is -2.40. The van der Waals surface area contributed by atoms with E-state index in [1.54, 1.807) is 0 Å². The SMILES string of the molecule is CCCc1cc(N2CCN(Cc3nccn3C)CC2)c2ccccc2n1. The second-order valence-electron chi connectivity index (χ2n) is 7.12. The van der Waals surface area contributed by atoms with Crippen molar-refractivity contribution >= 4 is 16.6 Å². The van der Waals surface area contributed by atoms with Gasteiger partial charge < -0.3 is 9.47 Å². The number of benzene rings is 1. The van der Waals surface area contributed by atoms with Crippen LogP contribution in [0, 0.1) is 0 Å². The van der Waals surface area contributed by atoms with Crippen LogP contribution in [0.4, 0.5) is 5.69 Å². The first-order valence-corrected chi connectivity index (χ1v) is 9.57. The minimum absolute atomic E-state index is 0.926. The van der Waals surface area contributed by atoms with E-state index in [-0.39, 0.29) is 0 Å². The van der Waals surface area contributed by atoms with Crippen molar-refractivity contribution in [2.45, 2.75) is 26.3 Å². The fraction of sp³-hybridized carbons (Fsp3) is 0.429. The lowest BCUT2D eigenvalue weighted by Crippen LogP contribution is -2.46. The molecule has 0 saturated carbocycles. The van der Waals surface area contributed by atoms with E-state index in [1.165, 1.54) is 16.8 Å². The quantitative estimate of drug-likeness (QED) is 0.709. The van der Waals surface area contributed by atoms with E-state index in [4.69, 9.17) is 4.98 Å². The minimum atomic E-state index is 0.926. The number of nitrogens with zero attached hydrogens (tertiary/aromatic N) is 5. The summed E-state index contributed by atoms with van der Waals surface area (Å²) in [6, 6.07) is 10.8. The first-order chi connectivity index (χ1) is 12.7. The van der Waals surface area contributed by atoms with Crippen LogP contribution >= 0.6 is 0 Å². The van der Waals surface area contributed by atoms with Crippen molar-refractivity contribution in [2.75, 3.05) is 31.1 Å². The zero-order valence-electron chi connectivity index (χ0n) is 15.7. The second kappa shape index (κ2) is 7.46. The first kappa shape index (κ1) is 17.0. The normalized spacial score (nSPS) is 15.7. The molecule has 1 fully saturated rings. The molecule has 0 radical (unpaired) electrons. The number of para-hydroxylation sites is 1. The van der Waals surface area contributed by atoms with Gasteiger partial charge in [-0.3, -0.25) is 9.88 Å². The minimum Gasteiger partial charge on any atom is -0.368 e. The van der Waals surface area contributed by atoms with E-state index >= 15 is 0 Å². The zero-order valence-corrected chi connectivity index (χ0v) is 15.7. The van der Waals surface area contributed by atoms with Crippen LogP contribution in [0.3, 0.4) is 0 Å². The van der Waals surface area contributed by atoms with Gasteiger partial charge in [-0.1, -0.05) is 31.5 Å². The van der Waals surface area contributed by atoms with Gasteiger partial charge in [-0.2, -0.15) is 0 Å². The molecule has 0 aliphatic carbocycles. The predicted molar refractivity (Wildman–Crippen MR) is 106 cm³/mol. The fourth-order valence-electron chi connectivity index (χ4n) is 3.75. The van der Waals surface area contributed by atoms with Crippen LogP contribution in [0.1, 0.15) is 24.9 Å². The maximum Gasteiger partial charge on any atom is 0.122 e. The molecule has 0 N–H and O–H groups in total. The smallest absolute Gasteiger partial charge is 0.122 e. The summed E-state index contributed by atoms with van der Waals surface area (Å²) < 4.78 is 2.11. The van der Waals surface area contributed by atoms with Crippen molar-refractivity contribution in [3.05, 3.63) is 54.2 Å². The number of piperazine rings is 1. The molecule has 5 heteroatoms. The largest absolute Gasteiger partial charge is 0.368 e. The van der Waals surface area contributed by atoms with E-state index in [0.717, 1.165) is 56.9 Å². The van der Waals surface area contributed by atoms with Gasteiger partial charge >= 0.3 is 0 Å². The van der Waals surface area contributed by atoms with Gasteiger partial charge in [0.05, 0.1) is 12.1 Å². The molecule has 26 heavy (non-hydrogen) atoms. The summed E-state index contributed by atoms with van der Waals surface area (Å²) >= 11 is 0. The molecule has 0 amide bonds. The van der Waals surface area contributed by atoms with E-state index in [1.807, 2.05) is 12.4 Å². The Morgan fingerprint density at radius 2 is 1.88 bits per heavy atom. The van der Waals surface area contributed by atoms with Crippen LogP contribution in [0.2, 0.25) is 0 Å². The molecule has 1 aliphatic heterocycles. The summed E-state index contributed by atoms with van der Waals surface area (Å²) in [7, 11) is 2.07. The molecule has 0 spiro atoms. The van der Waals surface area contributed by atoms with E-state index < -0.39 is 0 Å². The highest BCUT2D eigenvalue weighted by Gasteiger charge is 2.20. The maximum absolute atomic E-state index is 4.85. The van der Waals surface area contributed by atoms with Crippen molar-refractivity contribution in [2.24, 2.45) is 7.05 Å². The molecule has 0 unspecified atom stereocenters. The summed E-state index contributed by atoms with van der Waals surface area (Å²) in [6.07, 6.45) is 6.06. The number of aromatic nitrogens is 3. The second-order valence-corrected chi connectivity index (χ2v) is 7.12. The molecule has 3 aromatic rings. The Bertz CT molecular complexity index is 877. The van der Waals surface area contributed by atoms with E-state index in [2.05, 4.69) is 63.7 Å². The molecule has 2 aromatic heterocycles. The maximum atomic E-state index is 4.85. The Labute approximate surface area is 155 Å². The third kappa shape index (κ3) is 3.44. The molecular formula is C21H27N5. The summed E-state index contributed by atoms with van der Waals surface area (Å²) in [4.78, 5) is 14.3. The molecule has 1 saturated heterocycles. The number of fused-ring (bicyclic) bond motifs is 1. The number of rotatable bonds is 5. The fourth-order valence-corrected chi connectivity index (χ4v) is 3.75. The third-order valence-corrected chi connectivity index (χ3v) is 5.25. The Balaban J connectivity index is 1.52. The standard InChI is InChI=1S/C21H27N5/c1-3-6-17-15-20(18-7-4-5-8-19(18)23-17)26-13-11-25(12-14-26)16-21-22-9-10-24(21)2/h4-5,7-10,15H,3,6,11-14,16H2,1-2H3. The van der Waals surface area contributed by atoms with E-state index in [9.17, 15) is 0 Å². The molecule has 0 atom stereocenters. The van der Waals surface area contributed by atoms with Gasteiger partial charge in [0, 0.05) is 62.4 Å². The topological polar surface area (TPSA) is 37.2 Å². The molecule has 1 aromatic carbocycles. The zero-order chi connectivity index (χ0) is 17.9. The van der Waals surface area contributed by atoms with Crippen LogP contribution in [0.5, 0.6) is 0 Å². The number of aryl methyl sites for hydroxylation is 2. The average molecular weight is 349 g/mol. The van der Waals surface area contributed by atoms with Crippen molar-refractivity contribution < 1.29 is 0 Å². The molecule has 5 nitrogen and oxygen atoms in total. The van der Waals surface area contributed by atoms with Crippen LogP contribution < -0.4 is 4.90 Å². The van der Waals surface area contributed by atoms with Crippen LogP contribution in [0.15, 0.2) is 42.7 Å². The highest BCUT2D eigenvalue weighted by Crippen LogP contribution is 2.28. The van der Waals surface area contributed by atoms with Gasteiger partial charge in [0.25, 0.3) is 0 Å². The molecule has 1 aliphatic rings. The number of imidazole rings is 1. The lowest BCUT2D eigenvalue weighted by atomic mass is 10.1. The van der Waals surface area contributed by atoms with Gasteiger partial charge in [0.2, 0.25) is 0 Å². The Morgan fingerprint density at radius 3 is 2.62 bits per heavy atom. The third-order valence-electron chi connectivity index (χ3n) is 5.25. The highest BCUT2D eigenvalue weighted by atomic mass is 15.3. The molecule has 136 valence electrons. The van der Waals surface area contributed by atoms with Gasteiger partial charge in [0.1, 0.15) is 5.82 Å². The number of pyridine rings is 1. The average Bonchev–Trinajstić information content (AvgIpc) is 3.07. The van der Waals surface area contributed by atoms with Crippen LogP contribution in [-0.4, -0.2) is 45.6 Å². The monoisotopic (exact) mass is 349 g/mol.